The zero-order valence-corrected chi connectivity index (χ0v) is 9.98. The fraction of sp³-hybridized carbons (Fsp3) is 0.818. The molecule has 1 amide bonds. The number of hydrogen-bond donors (Lipinski definition) is 1. The van der Waals surface area contributed by atoms with Crippen LogP contribution in [0.5, 0.6) is 0 Å². The van der Waals surface area contributed by atoms with E-state index in [9.17, 15) is 4.79 Å². The molecule has 4 heteroatoms. The van der Waals surface area contributed by atoms with Crippen molar-refractivity contribution in [3.63, 3.8) is 0 Å². The van der Waals surface area contributed by atoms with E-state index in [0.29, 0.717) is 6.04 Å². The van der Waals surface area contributed by atoms with Gasteiger partial charge in [0.15, 0.2) is 5.17 Å². The molecule has 1 unspecified atom stereocenters. The van der Waals surface area contributed by atoms with Gasteiger partial charge in [-0.05, 0) is 19.8 Å². The van der Waals surface area contributed by atoms with Gasteiger partial charge in [0.25, 0.3) is 0 Å². The molecule has 1 saturated heterocycles. The summed E-state index contributed by atoms with van der Waals surface area (Å²) in [6.07, 6.45) is 7.64. The summed E-state index contributed by atoms with van der Waals surface area (Å²) >= 11 is 1.56. The smallest absolute Gasteiger partial charge is 0.239 e. The highest BCUT2D eigenvalue weighted by atomic mass is 32.2. The van der Waals surface area contributed by atoms with Crippen LogP contribution in [-0.4, -0.2) is 22.4 Å². The fourth-order valence-corrected chi connectivity index (χ4v) is 2.94. The standard InChI is InChI=1S/C11H18N2OS/c1-8-10(14)13-11(15-8)12-9-6-4-2-3-5-7-9/h8-9H,2-7H2,1H3,(H,12,13,14). The second-order valence-corrected chi connectivity index (χ2v) is 5.66. The average molecular weight is 226 g/mol. The highest BCUT2D eigenvalue weighted by molar-refractivity contribution is 8.15. The molecule has 1 atom stereocenters. The van der Waals surface area contributed by atoms with E-state index >= 15 is 0 Å². The Balaban J connectivity index is 1.94. The van der Waals surface area contributed by atoms with Gasteiger partial charge in [0.2, 0.25) is 5.91 Å². The molecule has 3 nitrogen and oxygen atoms in total. The first-order valence-electron chi connectivity index (χ1n) is 5.81. The lowest BCUT2D eigenvalue weighted by molar-refractivity contribution is -0.118. The van der Waals surface area contributed by atoms with Gasteiger partial charge in [0, 0.05) is 0 Å². The summed E-state index contributed by atoms with van der Waals surface area (Å²) in [5, 5.41) is 3.73. The number of nitrogens with one attached hydrogen (secondary N) is 1. The highest BCUT2D eigenvalue weighted by Crippen LogP contribution is 2.24. The lowest BCUT2D eigenvalue weighted by Crippen LogP contribution is -2.24. The van der Waals surface area contributed by atoms with E-state index < -0.39 is 0 Å². The Morgan fingerprint density at radius 3 is 2.47 bits per heavy atom. The lowest BCUT2D eigenvalue weighted by atomic mass is 10.1. The second kappa shape index (κ2) is 5.01. The van der Waals surface area contributed by atoms with Gasteiger partial charge in [-0.3, -0.25) is 9.79 Å². The number of carbonyl (C=O) groups excluding carboxylic acids is 1. The molecule has 2 aliphatic rings. The largest absolute Gasteiger partial charge is 0.304 e. The summed E-state index contributed by atoms with van der Waals surface area (Å²) in [5.74, 6) is 0.104. The molecule has 1 N–H and O–H groups in total. The number of aliphatic imine (C=N–C) groups is 1. The molecular formula is C11H18N2OS. The number of carbonyl (C=O) groups is 1. The quantitative estimate of drug-likeness (QED) is 0.697. The molecule has 84 valence electrons. The summed E-state index contributed by atoms with van der Waals surface area (Å²) < 4.78 is 0. The predicted octanol–water partition coefficient (Wildman–Crippen LogP) is 2.32. The number of hydrogen-bond acceptors (Lipinski definition) is 3. The van der Waals surface area contributed by atoms with E-state index in [1.165, 1.54) is 38.5 Å². The Labute approximate surface area is 95.1 Å². The first-order valence-corrected chi connectivity index (χ1v) is 6.69. The second-order valence-electron chi connectivity index (χ2n) is 4.33. The van der Waals surface area contributed by atoms with Crippen LogP contribution < -0.4 is 5.32 Å². The Hall–Kier alpha value is -0.510. The first kappa shape index (κ1) is 11.0. The molecule has 0 aromatic carbocycles. The minimum Gasteiger partial charge on any atom is -0.304 e. The molecular weight excluding hydrogens is 208 g/mol. The average Bonchev–Trinajstić information content (AvgIpc) is 2.45. The molecule has 1 aliphatic carbocycles. The maximum absolute atomic E-state index is 11.3. The van der Waals surface area contributed by atoms with Crippen LogP contribution in [0.4, 0.5) is 0 Å². The zero-order valence-electron chi connectivity index (χ0n) is 9.16. The van der Waals surface area contributed by atoms with Crippen molar-refractivity contribution in [3.05, 3.63) is 0 Å². The minimum absolute atomic E-state index is 0.0366. The van der Waals surface area contributed by atoms with Crippen molar-refractivity contribution in [1.29, 1.82) is 0 Å². The van der Waals surface area contributed by atoms with Gasteiger partial charge in [0.05, 0.1) is 11.3 Å². The van der Waals surface area contributed by atoms with Gasteiger partial charge in [-0.15, -0.1) is 0 Å². The lowest BCUT2D eigenvalue weighted by Gasteiger charge is -2.08. The van der Waals surface area contributed by atoms with E-state index in [1.54, 1.807) is 11.8 Å². The SMILES string of the molecule is CC1SC(=NC2CCCCCC2)NC1=O. The van der Waals surface area contributed by atoms with E-state index in [-0.39, 0.29) is 11.2 Å². The van der Waals surface area contributed by atoms with Crippen molar-refractivity contribution in [2.75, 3.05) is 0 Å². The predicted molar refractivity (Wildman–Crippen MR) is 64.1 cm³/mol. The third-order valence-electron chi connectivity index (χ3n) is 3.01. The van der Waals surface area contributed by atoms with Crippen LogP contribution in [0.15, 0.2) is 4.99 Å². The maximum Gasteiger partial charge on any atom is 0.239 e. The third-order valence-corrected chi connectivity index (χ3v) is 4.01. The number of nitrogens with zero attached hydrogens (tertiary/aromatic N) is 1. The van der Waals surface area contributed by atoms with Crippen LogP contribution in [-0.2, 0) is 4.79 Å². The Bertz CT molecular complexity index is 270. The van der Waals surface area contributed by atoms with Gasteiger partial charge in [0.1, 0.15) is 0 Å². The molecule has 0 bridgehead atoms. The van der Waals surface area contributed by atoms with Gasteiger partial charge >= 0.3 is 0 Å². The van der Waals surface area contributed by atoms with Crippen LogP contribution >= 0.6 is 11.8 Å². The van der Waals surface area contributed by atoms with Crippen LogP contribution in [0.1, 0.15) is 45.4 Å². The molecule has 0 aromatic rings. The molecule has 0 radical (unpaired) electrons. The normalized spacial score (nSPS) is 31.7. The van der Waals surface area contributed by atoms with Crippen molar-refractivity contribution in [2.45, 2.75) is 56.7 Å². The molecule has 1 saturated carbocycles. The van der Waals surface area contributed by atoms with Crippen LogP contribution in [0.2, 0.25) is 0 Å². The zero-order chi connectivity index (χ0) is 10.7. The summed E-state index contributed by atoms with van der Waals surface area (Å²) in [6, 6.07) is 0.445. The molecule has 2 rings (SSSR count). The van der Waals surface area contributed by atoms with Gasteiger partial charge in [-0.2, -0.15) is 0 Å². The van der Waals surface area contributed by atoms with Crippen molar-refractivity contribution in [1.82, 2.24) is 5.32 Å². The molecule has 1 heterocycles. The van der Waals surface area contributed by atoms with E-state index in [1.807, 2.05) is 6.92 Å². The number of amidine groups is 1. The van der Waals surface area contributed by atoms with Gasteiger partial charge in [-0.25, -0.2) is 0 Å². The summed E-state index contributed by atoms with van der Waals surface area (Å²) in [7, 11) is 0. The number of rotatable bonds is 1. The van der Waals surface area contributed by atoms with Crippen LogP contribution in [0, 0.1) is 0 Å². The summed E-state index contributed by atoms with van der Waals surface area (Å²) in [5.41, 5.74) is 0. The van der Waals surface area contributed by atoms with Crippen molar-refractivity contribution < 1.29 is 4.79 Å². The van der Waals surface area contributed by atoms with Gasteiger partial charge in [-0.1, -0.05) is 37.4 Å². The number of amides is 1. The topological polar surface area (TPSA) is 41.5 Å². The van der Waals surface area contributed by atoms with Crippen molar-refractivity contribution in [3.8, 4) is 0 Å². The molecule has 15 heavy (non-hydrogen) atoms. The minimum atomic E-state index is 0.0366. The summed E-state index contributed by atoms with van der Waals surface area (Å²) in [4.78, 5) is 15.9. The highest BCUT2D eigenvalue weighted by Gasteiger charge is 2.26. The monoisotopic (exact) mass is 226 g/mol. The fourth-order valence-electron chi connectivity index (χ4n) is 2.07. The van der Waals surface area contributed by atoms with E-state index in [2.05, 4.69) is 10.3 Å². The molecule has 1 aliphatic heterocycles. The van der Waals surface area contributed by atoms with Crippen molar-refractivity contribution >= 4 is 22.8 Å². The van der Waals surface area contributed by atoms with E-state index in [4.69, 9.17) is 0 Å². The summed E-state index contributed by atoms with van der Waals surface area (Å²) in [6.45, 7) is 1.93. The first-order chi connectivity index (χ1) is 7.25. The molecule has 0 spiro atoms. The van der Waals surface area contributed by atoms with Crippen molar-refractivity contribution in [2.24, 2.45) is 4.99 Å². The van der Waals surface area contributed by atoms with Gasteiger partial charge < -0.3 is 5.32 Å². The maximum atomic E-state index is 11.3. The Kier molecular flexibility index (Phi) is 3.67. The molecule has 0 aromatic heterocycles. The van der Waals surface area contributed by atoms with Crippen LogP contribution in [0.25, 0.3) is 0 Å². The number of thioether (sulfide) groups is 1. The van der Waals surface area contributed by atoms with E-state index in [0.717, 1.165) is 5.17 Å². The third kappa shape index (κ3) is 2.97. The van der Waals surface area contributed by atoms with Crippen LogP contribution in [0.3, 0.4) is 0 Å². The Morgan fingerprint density at radius 2 is 1.93 bits per heavy atom. The Morgan fingerprint density at radius 1 is 1.27 bits per heavy atom. The molecule has 2 fully saturated rings.